The minimum Gasteiger partial charge on any atom is -0.478 e. The maximum absolute atomic E-state index is 13.7. The highest BCUT2D eigenvalue weighted by molar-refractivity contribution is 7.92. The summed E-state index contributed by atoms with van der Waals surface area (Å²) in [7, 11) is -3.52. The SMILES string of the molecule is CNC(=O)c1c(-c2ccc(F)cc2)nn2cc(N(Cc3cc(Cl)c(B4OC(C)(C)C(C)(C)O4)c(C(=O)O)c3)S(C)(=O)=O)c(C3CC3)cc12. The smallest absolute Gasteiger partial charge is 0.478 e. The Kier molecular flexibility index (Phi) is 8.38. The molecule has 48 heavy (non-hydrogen) atoms. The van der Waals surface area contributed by atoms with Crippen LogP contribution in [0.1, 0.15) is 78.3 Å². The number of carbonyl (C=O) groups excluding carboxylic acids is 1. The lowest BCUT2D eigenvalue weighted by molar-refractivity contribution is 0.00578. The average molecular weight is 697 g/mol. The molecule has 0 radical (unpaired) electrons. The van der Waals surface area contributed by atoms with Gasteiger partial charge in [0, 0.05) is 23.1 Å². The van der Waals surface area contributed by atoms with Gasteiger partial charge >= 0.3 is 13.1 Å². The van der Waals surface area contributed by atoms with Gasteiger partial charge in [0.15, 0.2) is 0 Å². The average Bonchev–Trinajstić information content (AvgIpc) is 3.73. The number of carboxylic acid groups (broad SMARTS) is 1. The molecular weight excluding hydrogens is 662 g/mol. The van der Waals surface area contributed by atoms with E-state index in [1.807, 2.05) is 27.7 Å². The third-order valence-electron chi connectivity index (χ3n) is 9.27. The number of fused-ring (bicyclic) bond motifs is 1. The predicted octanol–water partition coefficient (Wildman–Crippen LogP) is 4.99. The lowest BCUT2D eigenvalue weighted by Gasteiger charge is -2.32. The number of hydrogen-bond donors (Lipinski definition) is 2. The van der Waals surface area contributed by atoms with Gasteiger partial charge in [-0.3, -0.25) is 9.10 Å². The van der Waals surface area contributed by atoms with Crippen LogP contribution < -0.4 is 15.1 Å². The topological polar surface area (TPSA) is 140 Å². The van der Waals surface area contributed by atoms with Crippen LogP contribution in [0.2, 0.25) is 5.02 Å². The standard InChI is InChI=1S/C33H35BClFN4O7S/c1-32(2)33(3,4)47-34(46-32)28-23(31(42)43)13-18(14-24(28)35)16-40(48(6,44)45)26-17-39-25(15-22(26)19-7-8-19)27(30(41)37-5)29(38-39)20-9-11-21(36)12-10-20/h9-15,17,19H,7-8,16H2,1-6H3,(H,37,41)(H,42,43). The van der Waals surface area contributed by atoms with Crippen LogP contribution in [0.25, 0.3) is 16.8 Å². The number of nitrogens with one attached hydrogen (secondary N) is 1. The molecule has 2 aliphatic rings. The maximum atomic E-state index is 13.7. The van der Waals surface area contributed by atoms with E-state index in [0.717, 1.165) is 19.1 Å². The van der Waals surface area contributed by atoms with Gasteiger partial charge in [0.25, 0.3) is 5.91 Å². The van der Waals surface area contributed by atoms with Crippen LogP contribution in [0.5, 0.6) is 0 Å². The molecule has 0 atom stereocenters. The first-order chi connectivity index (χ1) is 22.4. The summed E-state index contributed by atoms with van der Waals surface area (Å²) < 4.78 is 55.5. The van der Waals surface area contributed by atoms with Crippen LogP contribution in [0.3, 0.4) is 0 Å². The fourth-order valence-electron chi connectivity index (χ4n) is 5.87. The van der Waals surface area contributed by atoms with Crippen molar-refractivity contribution in [2.24, 2.45) is 0 Å². The van der Waals surface area contributed by atoms with E-state index in [0.29, 0.717) is 33.6 Å². The van der Waals surface area contributed by atoms with Crippen LogP contribution in [-0.2, 0) is 25.9 Å². The van der Waals surface area contributed by atoms with Gasteiger partial charge in [-0.05, 0) is 100 Å². The quantitative estimate of drug-likeness (QED) is 0.233. The van der Waals surface area contributed by atoms with Crippen LogP contribution in [0.15, 0.2) is 48.7 Å². The monoisotopic (exact) mass is 696 g/mol. The lowest BCUT2D eigenvalue weighted by Crippen LogP contribution is -2.41. The highest BCUT2D eigenvalue weighted by atomic mass is 35.5. The van der Waals surface area contributed by atoms with E-state index >= 15 is 0 Å². The highest BCUT2D eigenvalue weighted by Gasteiger charge is 2.53. The number of carboxylic acids is 1. The molecule has 0 unspecified atom stereocenters. The summed E-state index contributed by atoms with van der Waals surface area (Å²) in [6.07, 6.45) is 4.25. The molecule has 2 aromatic carbocycles. The first-order valence-corrected chi connectivity index (χ1v) is 17.6. The molecule has 0 bridgehead atoms. The number of aromatic nitrogens is 2. The van der Waals surface area contributed by atoms with Crippen molar-refractivity contribution in [2.75, 3.05) is 17.6 Å². The molecule has 1 saturated carbocycles. The Balaban J connectivity index is 1.48. The van der Waals surface area contributed by atoms with E-state index in [2.05, 4.69) is 10.4 Å². The molecule has 3 heterocycles. The van der Waals surface area contributed by atoms with E-state index in [-0.39, 0.29) is 34.1 Å². The summed E-state index contributed by atoms with van der Waals surface area (Å²) in [5.41, 5.74) is 1.34. The van der Waals surface area contributed by atoms with Crippen molar-refractivity contribution in [3.63, 3.8) is 0 Å². The molecule has 2 N–H and O–H groups in total. The molecule has 6 rings (SSSR count). The van der Waals surface area contributed by atoms with E-state index in [1.165, 1.54) is 52.3 Å². The Hall–Kier alpha value is -3.98. The van der Waals surface area contributed by atoms with Crippen LogP contribution in [0, 0.1) is 5.82 Å². The van der Waals surface area contributed by atoms with Gasteiger partial charge in [0.05, 0.1) is 52.5 Å². The zero-order valence-corrected chi connectivity index (χ0v) is 28.9. The van der Waals surface area contributed by atoms with E-state index < -0.39 is 46.0 Å². The number of hydrogen-bond acceptors (Lipinski definition) is 7. The molecule has 11 nitrogen and oxygen atoms in total. The van der Waals surface area contributed by atoms with Crippen LogP contribution >= 0.6 is 11.6 Å². The van der Waals surface area contributed by atoms with E-state index in [4.69, 9.17) is 20.9 Å². The number of aromatic carboxylic acids is 1. The van der Waals surface area contributed by atoms with Gasteiger partial charge in [0.2, 0.25) is 10.0 Å². The molecule has 252 valence electrons. The third-order valence-corrected chi connectivity index (χ3v) is 10.7. The number of carbonyl (C=O) groups is 2. The normalized spacial score (nSPS) is 17.1. The van der Waals surface area contributed by atoms with Gasteiger partial charge < -0.3 is 19.7 Å². The number of amides is 1. The largest absolute Gasteiger partial charge is 0.497 e. The van der Waals surface area contributed by atoms with Crippen molar-refractivity contribution in [3.05, 3.63) is 81.8 Å². The number of anilines is 1. The second-order valence-corrected chi connectivity index (χ2v) is 15.5. The molecular formula is C33H35BClFN4O7S. The summed E-state index contributed by atoms with van der Waals surface area (Å²) >= 11 is 6.72. The van der Waals surface area contributed by atoms with E-state index in [9.17, 15) is 27.5 Å². The Labute approximate surface area is 283 Å². The van der Waals surface area contributed by atoms with Crippen molar-refractivity contribution in [1.29, 1.82) is 0 Å². The maximum Gasteiger partial charge on any atom is 0.497 e. The summed E-state index contributed by atoms with van der Waals surface area (Å²) in [5, 5.41) is 17.6. The number of nitrogens with zero attached hydrogens (tertiary/aromatic N) is 3. The fourth-order valence-corrected chi connectivity index (χ4v) is 7.10. The van der Waals surface area contributed by atoms with Crippen molar-refractivity contribution >= 4 is 57.3 Å². The zero-order chi connectivity index (χ0) is 34.9. The minimum atomic E-state index is -3.97. The Morgan fingerprint density at radius 2 is 1.75 bits per heavy atom. The number of rotatable bonds is 9. The molecule has 1 aliphatic carbocycles. The first-order valence-electron chi connectivity index (χ1n) is 15.3. The third kappa shape index (κ3) is 6.06. The van der Waals surface area contributed by atoms with Gasteiger partial charge in [-0.2, -0.15) is 5.10 Å². The van der Waals surface area contributed by atoms with E-state index in [1.54, 1.807) is 12.3 Å². The van der Waals surface area contributed by atoms with Crippen molar-refractivity contribution in [2.45, 2.75) is 64.2 Å². The number of halogens is 2. The van der Waals surface area contributed by atoms with Gasteiger partial charge in [0.1, 0.15) is 11.5 Å². The summed E-state index contributed by atoms with van der Waals surface area (Å²) in [4.78, 5) is 25.7. The number of benzene rings is 2. The van der Waals surface area contributed by atoms with Crippen molar-refractivity contribution in [3.8, 4) is 11.3 Å². The van der Waals surface area contributed by atoms with Crippen molar-refractivity contribution < 1.29 is 36.8 Å². The van der Waals surface area contributed by atoms with Crippen LogP contribution in [0.4, 0.5) is 10.1 Å². The summed E-state index contributed by atoms with van der Waals surface area (Å²) in [6.45, 7) is 7.12. The Bertz CT molecular complexity index is 2070. The fraction of sp³-hybridized carbons (Fsp3) is 0.364. The molecule has 1 aliphatic heterocycles. The van der Waals surface area contributed by atoms with Gasteiger partial charge in [-0.1, -0.05) is 11.6 Å². The first kappa shape index (κ1) is 33.9. The molecule has 2 fully saturated rings. The minimum absolute atomic E-state index is 0.0277. The second kappa shape index (κ2) is 11.9. The molecule has 1 saturated heterocycles. The summed E-state index contributed by atoms with van der Waals surface area (Å²) in [5.74, 6) is -2.10. The Morgan fingerprint density at radius 1 is 1.12 bits per heavy atom. The molecule has 2 aromatic heterocycles. The lowest BCUT2D eigenvalue weighted by atomic mass is 9.75. The van der Waals surface area contributed by atoms with Gasteiger partial charge in [-0.25, -0.2) is 22.1 Å². The van der Waals surface area contributed by atoms with Crippen LogP contribution in [-0.4, -0.2) is 66.6 Å². The number of pyridine rings is 1. The van der Waals surface area contributed by atoms with Crippen molar-refractivity contribution in [1.82, 2.24) is 14.9 Å². The molecule has 4 aromatic rings. The number of sulfonamides is 1. The molecule has 1 amide bonds. The second-order valence-electron chi connectivity index (χ2n) is 13.2. The molecule has 15 heteroatoms. The zero-order valence-electron chi connectivity index (χ0n) is 27.3. The highest BCUT2D eigenvalue weighted by Crippen LogP contribution is 2.46. The predicted molar refractivity (Wildman–Crippen MR) is 181 cm³/mol. The molecule has 0 spiro atoms. The Morgan fingerprint density at radius 3 is 2.29 bits per heavy atom. The van der Waals surface area contributed by atoms with Gasteiger partial charge in [-0.15, -0.1) is 0 Å². The summed E-state index contributed by atoms with van der Waals surface area (Å²) in [6, 6.07) is 10.3.